The molecule has 0 aliphatic heterocycles. The SMILES string of the molecule is CC(=C/C=O)/C=C/c1ccco1. The molecule has 1 heterocycles. The average molecular weight is 162 g/mol. The van der Waals surface area contributed by atoms with Crippen LogP contribution in [0.25, 0.3) is 6.08 Å². The van der Waals surface area contributed by atoms with E-state index >= 15 is 0 Å². The van der Waals surface area contributed by atoms with E-state index in [-0.39, 0.29) is 0 Å². The highest BCUT2D eigenvalue weighted by Crippen LogP contribution is 2.04. The Hall–Kier alpha value is -1.57. The Morgan fingerprint density at radius 2 is 2.42 bits per heavy atom. The van der Waals surface area contributed by atoms with Crippen LogP contribution in [0.5, 0.6) is 0 Å². The Morgan fingerprint density at radius 3 is 3.00 bits per heavy atom. The van der Waals surface area contributed by atoms with Gasteiger partial charge in [-0.2, -0.15) is 0 Å². The quantitative estimate of drug-likeness (QED) is 0.388. The molecule has 1 aromatic heterocycles. The Morgan fingerprint density at radius 1 is 1.58 bits per heavy atom. The van der Waals surface area contributed by atoms with Gasteiger partial charge in [0, 0.05) is 0 Å². The van der Waals surface area contributed by atoms with Crippen LogP contribution in [-0.4, -0.2) is 6.29 Å². The lowest BCUT2D eigenvalue weighted by Crippen LogP contribution is -1.69. The van der Waals surface area contributed by atoms with Crippen LogP contribution in [0.4, 0.5) is 0 Å². The molecule has 0 spiro atoms. The zero-order valence-electron chi connectivity index (χ0n) is 6.86. The van der Waals surface area contributed by atoms with Crippen molar-refractivity contribution in [3.05, 3.63) is 41.9 Å². The summed E-state index contributed by atoms with van der Waals surface area (Å²) in [4.78, 5) is 10.0. The first kappa shape index (κ1) is 8.53. The van der Waals surface area contributed by atoms with E-state index in [9.17, 15) is 4.79 Å². The fraction of sp³-hybridized carbons (Fsp3) is 0.100. The molecule has 0 fully saturated rings. The van der Waals surface area contributed by atoms with Gasteiger partial charge in [-0.25, -0.2) is 0 Å². The first-order chi connectivity index (χ1) is 5.83. The second-order valence-corrected chi connectivity index (χ2v) is 2.40. The summed E-state index contributed by atoms with van der Waals surface area (Å²) in [5.41, 5.74) is 0.904. The molecule has 2 nitrogen and oxygen atoms in total. The molecule has 0 saturated heterocycles. The predicted molar refractivity (Wildman–Crippen MR) is 47.6 cm³/mol. The minimum absolute atomic E-state index is 0.766. The van der Waals surface area contributed by atoms with Crippen molar-refractivity contribution < 1.29 is 9.21 Å². The molecule has 62 valence electrons. The van der Waals surface area contributed by atoms with E-state index in [0.717, 1.165) is 17.6 Å². The minimum Gasteiger partial charge on any atom is -0.465 e. The predicted octanol–water partition coefficient (Wildman–Crippen LogP) is 2.44. The van der Waals surface area contributed by atoms with E-state index < -0.39 is 0 Å². The number of hydrogen-bond acceptors (Lipinski definition) is 2. The standard InChI is InChI=1S/C10H10O2/c1-9(6-7-11)4-5-10-3-2-8-12-10/h2-8H,1H3/b5-4+,9-6-. The van der Waals surface area contributed by atoms with Gasteiger partial charge in [0.1, 0.15) is 12.0 Å². The van der Waals surface area contributed by atoms with Crippen molar-refractivity contribution in [1.82, 2.24) is 0 Å². The number of allylic oxidation sites excluding steroid dienone is 3. The molecule has 0 radical (unpaired) electrons. The Balaban J connectivity index is 2.62. The molecule has 0 aliphatic rings. The van der Waals surface area contributed by atoms with Gasteiger partial charge in [-0.3, -0.25) is 4.79 Å². The molecular weight excluding hydrogens is 152 g/mol. The Kier molecular flexibility index (Phi) is 3.08. The number of carbonyl (C=O) groups is 1. The maximum absolute atomic E-state index is 10.0. The van der Waals surface area contributed by atoms with Crippen LogP contribution in [0.15, 0.2) is 40.5 Å². The lowest BCUT2D eigenvalue weighted by Gasteiger charge is -1.85. The van der Waals surface area contributed by atoms with Gasteiger partial charge in [0.2, 0.25) is 0 Å². The lowest BCUT2D eigenvalue weighted by atomic mass is 10.2. The molecule has 1 rings (SSSR count). The van der Waals surface area contributed by atoms with Gasteiger partial charge in [-0.05, 0) is 36.8 Å². The van der Waals surface area contributed by atoms with Gasteiger partial charge in [0.05, 0.1) is 6.26 Å². The molecule has 2 heteroatoms. The van der Waals surface area contributed by atoms with Crippen molar-refractivity contribution in [3.8, 4) is 0 Å². The molecule has 0 aromatic carbocycles. The van der Waals surface area contributed by atoms with Crippen molar-refractivity contribution in [2.45, 2.75) is 6.92 Å². The highest BCUT2D eigenvalue weighted by molar-refractivity contribution is 5.67. The number of hydrogen-bond donors (Lipinski definition) is 0. The van der Waals surface area contributed by atoms with Crippen molar-refractivity contribution >= 4 is 12.4 Å². The maximum atomic E-state index is 10.0. The van der Waals surface area contributed by atoms with E-state index in [4.69, 9.17) is 4.42 Å². The Labute approximate surface area is 71.2 Å². The number of aldehydes is 1. The fourth-order valence-electron chi connectivity index (χ4n) is 0.763. The Bertz CT molecular complexity index is 292. The van der Waals surface area contributed by atoms with E-state index in [0.29, 0.717) is 0 Å². The molecule has 0 atom stereocenters. The van der Waals surface area contributed by atoms with Gasteiger partial charge in [-0.15, -0.1) is 0 Å². The molecule has 12 heavy (non-hydrogen) atoms. The van der Waals surface area contributed by atoms with E-state index in [1.54, 1.807) is 6.26 Å². The molecular formula is C10H10O2. The van der Waals surface area contributed by atoms with Crippen LogP contribution in [0, 0.1) is 0 Å². The van der Waals surface area contributed by atoms with Crippen molar-refractivity contribution in [1.29, 1.82) is 0 Å². The van der Waals surface area contributed by atoms with Crippen molar-refractivity contribution in [3.63, 3.8) is 0 Å². The van der Waals surface area contributed by atoms with Crippen LogP contribution >= 0.6 is 0 Å². The summed E-state index contributed by atoms with van der Waals surface area (Å²) in [6, 6.07) is 3.67. The van der Waals surface area contributed by atoms with Gasteiger partial charge in [0.15, 0.2) is 0 Å². The highest BCUT2D eigenvalue weighted by atomic mass is 16.3. The topological polar surface area (TPSA) is 30.2 Å². The molecule has 0 saturated carbocycles. The van der Waals surface area contributed by atoms with Crippen molar-refractivity contribution in [2.75, 3.05) is 0 Å². The maximum Gasteiger partial charge on any atom is 0.143 e. The normalized spacial score (nSPS) is 12.2. The summed E-state index contributed by atoms with van der Waals surface area (Å²) in [6.45, 7) is 1.86. The zero-order chi connectivity index (χ0) is 8.81. The number of furan rings is 1. The summed E-state index contributed by atoms with van der Waals surface area (Å²) in [5, 5.41) is 0. The minimum atomic E-state index is 0.766. The van der Waals surface area contributed by atoms with Crippen LogP contribution in [0.3, 0.4) is 0 Å². The summed E-state index contributed by atoms with van der Waals surface area (Å²) in [5.74, 6) is 0.786. The third-order valence-corrected chi connectivity index (χ3v) is 1.38. The van der Waals surface area contributed by atoms with Crippen LogP contribution < -0.4 is 0 Å². The highest BCUT2D eigenvalue weighted by Gasteiger charge is 1.86. The third-order valence-electron chi connectivity index (χ3n) is 1.38. The summed E-state index contributed by atoms with van der Waals surface area (Å²) in [6.07, 6.45) is 7.52. The monoisotopic (exact) mass is 162 g/mol. The van der Waals surface area contributed by atoms with Crippen LogP contribution in [0.2, 0.25) is 0 Å². The second-order valence-electron chi connectivity index (χ2n) is 2.40. The first-order valence-electron chi connectivity index (χ1n) is 3.66. The van der Waals surface area contributed by atoms with Crippen LogP contribution in [-0.2, 0) is 4.79 Å². The second kappa shape index (κ2) is 4.34. The summed E-state index contributed by atoms with van der Waals surface area (Å²) >= 11 is 0. The van der Waals surface area contributed by atoms with Gasteiger partial charge in [-0.1, -0.05) is 6.08 Å². The molecule has 0 aliphatic carbocycles. The molecule has 0 N–H and O–H groups in total. The van der Waals surface area contributed by atoms with Crippen LogP contribution in [0.1, 0.15) is 12.7 Å². The van der Waals surface area contributed by atoms with E-state index in [2.05, 4.69) is 0 Å². The number of rotatable bonds is 3. The smallest absolute Gasteiger partial charge is 0.143 e. The molecule has 0 unspecified atom stereocenters. The molecule has 0 amide bonds. The zero-order valence-corrected chi connectivity index (χ0v) is 6.86. The van der Waals surface area contributed by atoms with E-state index in [1.807, 2.05) is 31.2 Å². The van der Waals surface area contributed by atoms with Gasteiger partial charge >= 0.3 is 0 Å². The third kappa shape index (κ3) is 2.58. The van der Waals surface area contributed by atoms with E-state index in [1.165, 1.54) is 6.08 Å². The first-order valence-corrected chi connectivity index (χ1v) is 3.66. The lowest BCUT2D eigenvalue weighted by molar-refractivity contribution is -0.104. The average Bonchev–Trinajstić information content (AvgIpc) is 2.53. The summed E-state index contributed by atoms with van der Waals surface area (Å²) in [7, 11) is 0. The van der Waals surface area contributed by atoms with Gasteiger partial charge in [0.25, 0.3) is 0 Å². The fourth-order valence-corrected chi connectivity index (χ4v) is 0.763. The number of carbonyl (C=O) groups excluding carboxylic acids is 1. The van der Waals surface area contributed by atoms with Crippen molar-refractivity contribution in [2.24, 2.45) is 0 Å². The summed E-state index contributed by atoms with van der Waals surface area (Å²) < 4.78 is 5.06. The largest absolute Gasteiger partial charge is 0.465 e. The molecule has 1 aromatic rings. The van der Waals surface area contributed by atoms with Gasteiger partial charge < -0.3 is 4.42 Å². The molecule has 0 bridgehead atoms.